The topological polar surface area (TPSA) is 48.9 Å². The Morgan fingerprint density at radius 2 is 2.28 bits per heavy atom. The number of hydrogen-bond acceptors (Lipinski definition) is 3. The minimum Gasteiger partial charge on any atom is -0.383 e. The van der Waals surface area contributed by atoms with Crippen LogP contribution in [0.4, 0.5) is 0 Å². The Hall–Kier alpha value is -0.810. The monoisotopic (exact) mass is 256 g/mol. The number of aliphatic imine (C=N–C) groups is 1. The molecule has 0 saturated carbocycles. The number of ether oxygens (including phenoxy) is 1. The Morgan fingerprint density at radius 1 is 1.44 bits per heavy atom. The first-order valence-electron chi connectivity index (χ1n) is 6.96. The Kier molecular flexibility index (Phi) is 7.76. The molecule has 0 spiro atoms. The van der Waals surface area contributed by atoms with Crippen LogP contribution in [-0.2, 0) is 4.74 Å². The Labute approximate surface area is 111 Å². The molecule has 1 aliphatic heterocycles. The molecule has 0 aromatic rings. The van der Waals surface area contributed by atoms with Gasteiger partial charge in [0.2, 0.25) is 0 Å². The fourth-order valence-electron chi connectivity index (χ4n) is 2.33. The molecule has 106 valence electrons. The first kappa shape index (κ1) is 15.2. The molecular formula is C13H28N4O. The summed E-state index contributed by atoms with van der Waals surface area (Å²) in [5.41, 5.74) is 0. The summed E-state index contributed by atoms with van der Waals surface area (Å²) in [4.78, 5) is 6.75. The maximum absolute atomic E-state index is 5.00. The number of hydrogen-bond donors (Lipinski definition) is 2. The van der Waals surface area contributed by atoms with Crippen LogP contribution in [0.1, 0.15) is 19.8 Å². The van der Waals surface area contributed by atoms with E-state index in [0.717, 1.165) is 25.0 Å². The summed E-state index contributed by atoms with van der Waals surface area (Å²) in [7, 11) is 3.51. The second kappa shape index (κ2) is 9.16. The lowest BCUT2D eigenvalue weighted by Crippen LogP contribution is -2.41. The van der Waals surface area contributed by atoms with E-state index in [1.165, 1.54) is 32.5 Å². The summed E-state index contributed by atoms with van der Waals surface area (Å²) < 4.78 is 5.00. The van der Waals surface area contributed by atoms with Gasteiger partial charge in [-0.2, -0.15) is 0 Å². The van der Waals surface area contributed by atoms with E-state index in [2.05, 4.69) is 27.4 Å². The van der Waals surface area contributed by atoms with Crippen molar-refractivity contribution in [2.75, 3.05) is 53.5 Å². The van der Waals surface area contributed by atoms with Crippen LogP contribution in [0.5, 0.6) is 0 Å². The molecule has 0 radical (unpaired) electrons. The highest BCUT2D eigenvalue weighted by molar-refractivity contribution is 5.79. The molecule has 0 amide bonds. The van der Waals surface area contributed by atoms with E-state index in [9.17, 15) is 0 Å². The molecule has 1 heterocycles. The highest BCUT2D eigenvalue weighted by Crippen LogP contribution is 2.15. The highest BCUT2D eigenvalue weighted by Gasteiger charge is 2.21. The van der Waals surface area contributed by atoms with Gasteiger partial charge in [0.25, 0.3) is 0 Å². The number of guanidine groups is 1. The molecule has 1 atom stereocenters. The average molecular weight is 256 g/mol. The second-order valence-electron chi connectivity index (χ2n) is 4.83. The minimum atomic E-state index is 0.703. The van der Waals surface area contributed by atoms with Gasteiger partial charge >= 0.3 is 0 Å². The van der Waals surface area contributed by atoms with Crippen LogP contribution in [0.2, 0.25) is 0 Å². The minimum absolute atomic E-state index is 0.703. The average Bonchev–Trinajstić information content (AvgIpc) is 2.82. The summed E-state index contributed by atoms with van der Waals surface area (Å²) in [6.07, 6.45) is 2.54. The Bertz CT molecular complexity index is 245. The van der Waals surface area contributed by atoms with Crippen LogP contribution < -0.4 is 10.6 Å². The zero-order chi connectivity index (χ0) is 13.2. The zero-order valence-corrected chi connectivity index (χ0v) is 12.0. The third-order valence-corrected chi connectivity index (χ3v) is 3.29. The van der Waals surface area contributed by atoms with Crippen LogP contribution in [0, 0.1) is 5.92 Å². The number of methoxy groups -OCH3 is 1. The molecule has 0 bridgehead atoms. The largest absolute Gasteiger partial charge is 0.383 e. The molecule has 0 aliphatic carbocycles. The van der Waals surface area contributed by atoms with Crippen LogP contribution in [0.15, 0.2) is 4.99 Å². The van der Waals surface area contributed by atoms with Gasteiger partial charge in [0.15, 0.2) is 5.96 Å². The Morgan fingerprint density at radius 3 is 2.94 bits per heavy atom. The quantitative estimate of drug-likeness (QED) is 0.396. The summed E-state index contributed by atoms with van der Waals surface area (Å²) >= 11 is 0. The fraction of sp³-hybridized carbons (Fsp3) is 0.923. The third-order valence-electron chi connectivity index (χ3n) is 3.29. The van der Waals surface area contributed by atoms with E-state index < -0.39 is 0 Å². The lowest BCUT2D eigenvalue weighted by atomic mass is 10.1. The van der Waals surface area contributed by atoms with Crippen LogP contribution in [0.25, 0.3) is 0 Å². The van der Waals surface area contributed by atoms with Crippen LogP contribution in [-0.4, -0.2) is 64.3 Å². The smallest absolute Gasteiger partial charge is 0.191 e. The maximum atomic E-state index is 5.00. The van der Waals surface area contributed by atoms with Gasteiger partial charge in [-0.25, -0.2) is 0 Å². The molecule has 1 rings (SSSR count). The van der Waals surface area contributed by atoms with Gasteiger partial charge in [-0.1, -0.05) is 6.92 Å². The number of nitrogens with zero attached hydrogens (tertiary/aromatic N) is 2. The van der Waals surface area contributed by atoms with E-state index in [-0.39, 0.29) is 0 Å². The summed E-state index contributed by atoms with van der Waals surface area (Å²) in [5.74, 6) is 1.62. The molecular weight excluding hydrogens is 228 g/mol. The number of nitrogens with one attached hydrogen (secondary N) is 2. The molecule has 2 N–H and O–H groups in total. The van der Waals surface area contributed by atoms with E-state index >= 15 is 0 Å². The van der Waals surface area contributed by atoms with E-state index in [1.54, 1.807) is 14.2 Å². The number of likely N-dealkylation sites (tertiary alicyclic amines) is 1. The van der Waals surface area contributed by atoms with Crippen molar-refractivity contribution < 1.29 is 4.74 Å². The predicted molar refractivity (Wildman–Crippen MR) is 76.1 cm³/mol. The van der Waals surface area contributed by atoms with Crippen LogP contribution >= 0.6 is 0 Å². The number of rotatable bonds is 7. The van der Waals surface area contributed by atoms with Crippen molar-refractivity contribution in [2.45, 2.75) is 19.8 Å². The van der Waals surface area contributed by atoms with Crippen molar-refractivity contribution in [2.24, 2.45) is 10.9 Å². The van der Waals surface area contributed by atoms with Gasteiger partial charge in [0.05, 0.1) is 6.61 Å². The second-order valence-corrected chi connectivity index (χ2v) is 4.83. The van der Waals surface area contributed by atoms with Gasteiger partial charge in [-0.3, -0.25) is 4.99 Å². The molecule has 18 heavy (non-hydrogen) atoms. The van der Waals surface area contributed by atoms with Crippen molar-refractivity contribution >= 4 is 5.96 Å². The van der Waals surface area contributed by atoms with Crippen LogP contribution in [0.3, 0.4) is 0 Å². The summed E-state index contributed by atoms with van der Waals surface area (Å²) in [5, 5.41) is 6.62. The van der Waals surface area contributed by atoms with Gasteiger partial charge in [0, 0.05) is 33.8 Å². The van der Waals surface area contributed by atoms with E-state index in [4.69, 9.17) is 4.74 Å². The van der Waals surface area contributed by atoms with Crippen molar-refractivity contribution in [3.63, 3.8) is 0 Å². The normalized spacial score (nSPS) is 21.3. The fourth-order valence-corrected chi connectivity index (χ4v) is 2.33. The lowest BCUT2D eigenvalue weighted by molar-refractivity contribution is 0.203. The maximum Gasteiger partial charge on any atom is 0.191 e. The molecule has 1 unspecified atom stereocenters. The molecule has 1 aliphatic rings. The Balaban J connectivity index is 2.15. The highest BCUT2D eigenvalue weighted by atomic mass is 16.5. The first-order valence-corrected chi connectivity index (χ1v) is 6.96. The van der Waals surface area contributed by atoms with E-state index in [1.807, 2.05) is 0 Å². The van der Waals surface area contributed by atoms with E-state index in [0.29, 0.717) is 6.61 Å². The van der Waals surface area contributed by atoms with Crippen molar-refractivity contribution in [1.29, 1.82) is 0 Å². The van der Waals surface area contributed by atoms with Crippen molar-refractivity contribution in [3.05, 3.63) is 0 Å². The van der Waals surface area contributed by atoms with Gasteiger partial charge in [-0.05, 0) is 31.8 Å². The van der Waals surface area contributed by atoms with Crippen molar-refractivity contribution in [1.82, 2.24) is 15.5 Å². The molecule has 5 heteroatoms. The van der Waals surface area contributed by atoms with Gasteiger partial charge < -0.3 is 20.3 Å². The summed E-state index contributed by atoms with van der Waals surface area (Å²) in [6.45, 7) is 8.44. The molecule has 0 aromatic carbocycles. The zero-order valence-electron chi connectivity index (χ0n) is 12.0. The van der Waals surface area contributed by atoms with Gasteiger partial charge in [0.1, 0.15) is 0 Å². The molecule has 1 fully saturated rings. The van der Waals surface area contributed by atoms with Gasteiger partial charge in [-0.15, -0.1) is 0 Å². The molecule has 0 aromatic heterocycles. The lowest BCUT2D eigenvalue weighted by Gasteiger charge is -2.16. The third kappa shape index (κ3) is 5.69. The molecule has 5 nitrogen and oxygen atoms in total. The standard InChI is InChI=1S/C13H28N4O/c1-4-7-17-8-5-12(11-17)10-16-13(14-2)15-6-9-18-3/h12H,4-11H2,1-3H3,(H2,14,15,16). The predicted octanol–water partition coefficient (Wildman–Crippen LogP) is 0.530. The molecule has 1 saturated heterocycles. The van der Waals surface area contributed by atoms with Crippen molar-refractivity contribution in [3.8, 4) is 0 Å². The summed E-state index contributed by atoms with van der Waals surface area (Å²) in [6, 6.07) is 0. The SMILES string of the molecule is CCCN1CCC(CNC(=NC)NCCOC)C1. The first-order chi connectivity index (χ1) is 8.80.